The summed E-state index contributed by atoms with van der Waals surface area (Å²) in [5.41, 5.74) is 0. The molecular weight excluding hydrogens is 282 g/mol. The minimum Gasteiger partial charge on any atom is -0.481 e. The first kappa shape index (κ1) is 14.8. The SMILES string of the molecule is CS(=O)(=O)C1=CC2CCN(C(=O)CCC(=O)O)C2C=C1. The van der Waals surface area contributed by atoms with E-state index in [4.69, 9.17) is 5.11 Å². The first-order chi connectivity index (χ1) is 9.29. The van der Waals surface area contributed by atoms with Gasteiger partial charge in [-0.3, -0.25) is 9.59 Å². The summed E-state index contributed by atoms with van der Waals surface area (Å²) in [5, 5.41) is 8.60. The van der Waals surface area contributed by atoms with E-state index in [1.807, 2.05) is 0 Å². The Kier molecular flexibility index (Phi) is 3.99. The number of carbonyl (C=O) groups is 2. The lowest BCUT2D eigenvalue weighted by atomic mass is 9.96. The van der Waals surface area contributed by atoms with Crippen LogP contribution in [0.15, 0.2) is 23.1 Å². The molecule has 1 aliphatic heterocycles. The Morgan fingerprint density at radius 3 is 2.70 bits per heavy atom. The number of sulfone groups is 1. The van der Waals surface area contributed by atoms with Gasteiger partial charge in [-0.2, -0.15) is 0 Å². The number of fused-ring (bicyclic) bond motifs is 1. The van der Waals surface area contributed by atoms with Gasteiger partial charge in [0.05, 0.1) is 17.4 Å². The van der Waals surface area contributed by atoms with Crippen molar-refractivity contribution in [1.29, 1.82) is 0 Å². The average molecular weight is 299 g/mol. The molecule has 0 aromatic rings. The summed E-state index contributed by atoms with van der Waals surface area (Å²) in [6.07, 6.45) is 6.62. The van der Waals surface area contributed by atoms with Crippen LogP contribution >= 0.6 is 0 Å². The molecule has 0 bridgehead atoms. The number of hydrogen-bond acceptors (Lipinski definition) is 4. The van der Waals surface area contributed by atoms with Gasteiger partial charge in [-0.1, -0.05) is 12.2 Å². The van der Waals surface area contributed by atoms with Crippen molar-refractivity contribution >= 4 is 21.7 Å². The van der Waals surface area contributed by atoms with E-state index in [1.54, 1.807) is 17.1 Å². The molecule has 7 heteroatoms. The third kappa shape index (κ3) is 3.09. The third-order valence-corrected chi connectivity index (χ3v) is 4.77. The molecule has 1 heterocycles. The number of carboxylic acid groups (broad SMARTS) is 1. The normalized spacial score (nSPS) is 25.2. The second-order valence-corrected chi connectivity index (χ2v) is 7.14. The van der Waals surface area contributed by atoms with Gasteiger partial charge in [-0.05, 0) is 12.5 Å². The number of rotatable bonds is 4. The van der Waals surface area contributed by atoms with Crippen LogP contribution < -0.4 is 0 Å². The molecule has 1 amide bonds. The first-order valence-corrected chi connectivity index (χ1v) is 8.29. The summed E-state index contributed by atoms with van der Waals surface area (Å²) in [4.78, 5) is 24.4. The standard InChI is InChI=1S/C13H17NO5S/c1-20(18,19)10-2-3-11-9(8-10)6-7-14(11)12(15)4-5-13(16)17/h2-3,8-9,11H,4-7H2,1H3,(H,16,17). The highest BCUT2D eigenvalue weighted by molar-refractivity contribution is 7.94. The lowest BCUT2D eigenvalue weighted by Crippen LogP contribution is -2.37. The zero-order chi connectivity index (χ0) is 14.9. The number of amides is 1. The van der Waals surface area contributed by atoms with Crippen LogP contribution in [0.25, 0.3) is 0 Å². The van der Waals surface area contributed by atoms with Gasteiger partial charge in [0.2, 0.25) is 5.91 Å². The van der Waals surface area contributed by atoms with Gasteiger partial charge in [0.25, 0.3) is 0 Å². The lowest BCUT2D eigenvalue weighted by Gasteiger charge is -2.26. The van der Waals surface area contributed by atoms with Gasteiger partial charge in [0.1, 0.15) is 0 Å². The molecule has 110 valence electrons. The van der Waals surface area contributed by atoms with E-state index in [1.165, 1.54) is 6.08 Å². The van der Waals surface area contributed by atoms with E-state index in [0.29, 0.717) is 17.9 Å². The maximum absolute atomic E-state index is 12.0. The number of carboxylic acids is 1. The molecule has 2 atom stereocenters. The van der Waals surface area contributed by atoms with Crippen molar-refractivity contribution in [3.8, 4) is 0 Å². The monoisotopic (exact) mass is 299 g/mol. The number of likely N-dealkylation sites (tertiary alicyclic amines) is 1. The zero-order valence-electron chi connectivity index (χ0n) is 11.2. The van der Waals surface area contributed by atoms with Crippen LogP contribution in [-0.4, -0.2) is 49.1 Å². The van der Waals surface area contributed by atoms with E-state index in [-0.39, 0.29) is 30.7 Å². The van der Waals surface area contributed by atoms with Crippen LogP contribution in [0.4, 0.5) is 0 Å². The van der Waals surface area contributed by atoms with E-state index < -0.39 is 15.8 Å². The molecule has 1 aliphatic carbocycles. The second-order valence-electron chi connectivity index (χ2n) is 5.12. The fourth-order valence-corrected chi connectivity index (χ4v) is 3.37. The van der Waals surface area contributed by atoms with Gasteiger partial charge in [0.15, 0.2) is 9.84 Å². The van der Waals surface area contributed by atoms with Crippen molar-refractivity contribution in [3.05, 3.63) is 23.1 Å². The van der Waals surface area contributed by atoms with Crippen molar-refractivity contribution in [3.63, 3.8) is 0 Å². The molecule has 2 rings (SSSR count). The summed E-state index contributed by atoms with van der Waals surface area (Å²) in [7, 11) is -3.23. The highest BCUT2D eigenvalue weighted by Gasteiger charge is 2.36. The van der Waals surface area contributed by atoms with Gasteiger partial charge >= 0.3 is 5.97 Å². The van der Waals surface area contributed by atoms with E-state index >= 15 is 0 Å². The summed E-state index contributed by atoms with van der Waals surface area (Å²) < 4.78 is 23.0. The van der Waals surface area contributed by atoms with Crippen LogP contribution in [0.5, 0.6) is 0 Å². The number of hydrogen-bond donors (Lipinski definition) is 1. The summed E-state index contributed by atoms with van der Waals surface area (Å²) in [6.45, 7) is 0.533. The van der Waals surface area contributed by atoms with Crippen LogP contribution in [0.1, 0.15) is 19.3 Å². The fraction of sp³-hybridized carbons (Fsp3) is 0.538. The number of allylic oxidation sites excluding steroid dienone is 1. The maximum Gasteiger partial charge on any atom is 0.303 e. The molecule has 0 aromatic carbocycles. The molecule has 1 fully saturated rings. The number of carbonyl (C=O) groups excluding carboxylic acids is 1. The first-order valence-electron chi connectivity index (χ1n) is 6.40. The third-order valence-electron chi connectivity index (χ3n) is 3.64. The zero-order valence-corrected chi connectivity index (χ0v) is 12.0. The predicted molar refractivity (Wildman–Crippen MR) is 72.5 cm³/mol. The molecule has 2 aliphatic rings. The Morgan fingerprint density at radius 1 is 1.40 bits per heavy atom. The van der Waals surface area contributed by atoms with Gasteiger partial charge in [-0.15, -0.1) is 0 Å². The van der Waals surface area contributed by atoms with E-state index in [0.717, 1.165) is 6.26 Å². The Labute approximate surface area is 117 Å². The fourth-order valence-electron chi connectivity index (χ4n) is 2.62. The smallest absolute Gasteiger partial charge is 0.303 e. The molecule has 6 nitrogen and oxygen atoms in total. The molecule has 0 aromatic heterocycles. The topological polar surface area (TPSA) is 91.8 Å². The van der Waals surface area contributed by atoms with Crippen molar-refractivity contribution in [2.24, 2.45) is 5.92 Å². The molecule has 0 spiro atoms. The molecule has 2 unspecified atom stereocenters. The Hall–Kier alpha value is -1.63. The molecule has 0 saturated carbocycles. The van der Waals surface area contributed by atoms with Gasteiger partial charge < -0.3 is 10.0 Å². The van der Waals surface area contributed by atoms with Crippen LogP contribution in [-0.2, 0) is 19.4 Å². The van der Waals surface area contributed by atoms with E-state index in [2.05, 4.69) is 0 Å². The number of nitrogens with zero attached hydrogens (tertiary/aromatic N) is 1. The van der Waals surface area contributed by atoms with Crippen LogP contribution in [0.2, 0.25) is 0 Å². The summed E-state index contributed by atoms with van der Waals surface area (Å²) in [5.74, 6) is -1.19. The average Bonchev–Trinajstić information content (AvgIpc) is 2.77. The van der Waals surface area contributed by atoms with E-state index in [9.17, 15) is 18.0 Å². The summed E-state index contributed by atoms with van der Waals surface area (Å²) in [6, 6.07) is -0.151. The van der Waals surface area contributed by atoms with Gasteiger partial charge in [-0.25, -0.2) is 8.42 Å². The number of aliphatic carboxylic acids is 1. The summed E-state index contributed by atoms with van der Waals surface area (Å²) >= 11 is 0. The molecular formula is C13H17NO5S. The Balaban J connectivity index is 2.07. The van der Waals surface area contributed by atoms with Crippen molar-refractivity contribution in [2.45, 2.75) is 25.3 Å². The predicted octanol–water partition coefficient (Wildman–Crippen LogP) is 0.567. The quantitative estimate of drug-likeness (QED) is 0.819. The molecule has 1 N–H and O–H groups in total. The Bertz CT molecular complexity index is 590. The largest absolute Gasteiger partial charge is 0.481 e. The van der Waals surface area contributed by atoms with Gasteiger partial charge in [0, 0.05) is 25.1 Å². The van der Waals surface area contributed by atoms with Crippen molar-refractivity contribution in [2.75, 3.05) is 12.8 Å². The molecule has 0 radical (unpaired) electrons. The molecule has 20 heavy (non-hydrogen) atoms. The minimum atomic E-state index is -3.23. The molecule has 1 saturated heterocycles. The second kappa shape index (κ2) is 5.40. The lowest BCUT2D eigenvalue weighted by molar-refractivity contribution is -0.141. The Morgan fingerprint density at radius 2 is 2.10 bits per heavy atom. The van der Waals surface area contributed by atoms with Crippen molar-refractivity contribution < 1.29 is 23.1 Å². The highest BCUT2D eigenvalue weighted by Crippen LogP contribution is 2.32. The van der Waals surface area contributed by atoms with Crippen LogP contribution in [0, 0.1) is 5.92 Å². The highest BCUT2D eigenvalue weighted by atomic mass is 32.2. The van der Waals surface area contributed by atoms with Crippen LogP contribution in [0.3, 0.4) is 0 Å². The maximum atomic E-state index is 12.0. The minimum absolute atomic E-state index is 0.00139. The van der Waals surface area contributed by atoms with Crippen molar-refractivity contribution in [1.82, 2.24) is 4.90 Å².